The van der Waals surface area contributed by atoms with Crippen molar-refractivity contribution in [1.29, 1.82) is 0 Å². The highest BCUT2D eigenvalue weighted by atomic mass is 79.9. The van der Waals surface area contributed by atoms with E-state index in [1.807, 2.05) is 12.1 Å². The van der Waals surface area contributed by atoms with Crippen molar-refractivity contribution in [3.63, 3.8) is 0 Å². The molecular weight excluding hydrogens is 318 g/mol. The van der Waals surface area contributed by atoms with Crippen molar-refractivity contribution in [1.82, 2.24) is 5.32 Å². The van der Waals surface area contributed by atoms with E-state index < -0.39 is 0 Å². The smallest absolute Gasteiger partial charge is 0.124 e. The molecule has 0 saturated carbocycles. The zero-order valence-corrected chi connectivity index (χ0v) is 13.9. The maximum absolute atomic E-state index is 5.98. The van der Waals surface area contributed by atoms with Crippen LogP contribution in [0.25, 0.3) is 0 Å². The summed E-state index contributed by atoms with van der Waals surface area (Å²) in [7, 11) is 0. The van der Waals surface area contributed by atoms with Gasteiger partial charge < -0.3 is 14.8 Å². The van der Waals surface area contributed by atoms with E-state index in [0.717, 1.165) is 29.8 Å². The first-order valence-electron chi connectivity index (χ1n) is 7.41. The number of halogens is 1. The van der Waals surface area contributed by atoms with E-state index in [2.05, 4.69) is 41.2 Å². The normalized spacial score (nSPS) is 19.3. The Hall–Kier alpha value is -0.580. The molecule has 0 spiro atoms. The number of hydrogen-bond acceptors (Lipinski definition) is 3. The standard InChI is InChI=1S/C16H24BrNO2/c1-12(2)18-10-13-9-14(17)6-7-16(13)20-11-15-5-3-4-8-19-15/h6-7,9,12,15,18H,3-5,8,10-11H2,1-2H3. The summed E-state index contributed by atoms with van der Waals surface area (Å²) in [6.45, 7) is 6.63. The van der Waals surface area contributed by atoms with Crippen LogP contribution in [-0.4, -0.2) is 25.4 Å². The molecule has 1 aromatic rings. The van der Waals surface area contributed by atoms with Crippen molar-refractivity contribution in [2.24, 2.45) is 0 Å². The molecule has 1 atom stereocenters. The average molecular weight is 342 g/mol. The van der Waals surface area contributed by atoms with Gasteiger partial charge in [-0.1, -0.05) is 29.8 Å². The Morgan fingerprint density at radius 3 is 2.95 bits per heavy atom. The van der Waals surface area contributed by atoms with Gasteiger partial charge in [0, 0.05) is 29.2 Å². The molecule has 1 N–H and O–H groups in total. The highest BCUT2D eigenvalue weighted by molar-refractivity contribution is 9.10. The number of ether oxygens (including phenoxy) is 2. The number of rotatable bonds is 6. The van der Waals surface area contributed by atoms with E-state index in [0.29, 0.717) is 12.6 Å². The molecule has 2 rings (SSSR count). The molecule has 112 valence electrons. The van der Waals surface area contributed by atoms with E-state index in [1.165, 1.54) is 18.4 Å². The van der Waals surface area contributed by atoms with Crippen LogP contribution < -0.4 is 10.1 Å². The van der Waals surface area contributed by atoms with Crippen molar-refractivity contribution >= 4 is 15.9 Å². The second-order valence-electron chi connectivity index (χ2n) is 5.59. The van der Waals surface area contributed by atoms with E-state index >= 15 is 0 Å². The van der Waals surface area contributed by atoms with Crippen molar-refractivity contribution in [2.45, 2.75) is 51.8 Å². The minimum Gasteiger partial charge on any atom is -0.491 e. The summed E-state index contributed by atoms with van der Waals surface area (Å²) >= 11 is 3.52. The zero-order valence-electron chi connectivity index (χ0n) is 12.3. The van der Waals surface area contributed by atoms with Crippen LogP contribution in [0, 0.1) is 0 Å². The third-order valence-electron chi connectivity index (χ3n) is 3.42. The molecule has 4 heteroatoms. The minimum absolute atomic E-state index is 0.248. The topological polar surface area (TPSA) is 30.5 Å². The Morgan fingerprint density at radius 2 is 2.25 bits per heavy atom. The molecule has 1 heterocycles. The van der Waals surface area contributed by atoms with E-state index in [9.17, 15) is 0 Å². The molecule has 0 radical (unpaired) electrons. The summed E-state index contributed by atoms with van der Waals surface area (Å²) in [5.41, 5.74) is 1.18. The first kappa shape index (κ1) is 15.8. The summed E-state index contributed by atoms with van der Waals surface area (Å²) in [4.78, 5) is 0. The lowest BCUT2D eigenvalue weighted by molar-refractivity contribution is -0.0112. The molecule has 0 amide bonds. The van der Waals surface area contributed by atoms with Gasteiger partial charge in [0.2, 0.25) is 0 Å². The maximum atomic E-state index is 5.98. The minimum atomic E-state index is 0.248. The van der Waals surface area contributed by atoms with E-state index in [-0.39, 0.29) is 6.10 Å². The summed E-state index contributed by atoms with van der Waals surface area (Å²) in [5.74, 6) is 0.954. The van der Waals surface area contributed by atoms with E-state index in [4.69, 9.17) is 9.47 Å². The molecule has 1 aliphatic heterocycles. The Kier molecular flexibility index (Phi) is 6.33. The third-order valence-corrected chi connectivity index (χ3v) is 3.92. The number of hydrogen-bond donors (Lipinski definition) is 1. The molecule has 1 saturated heterocycles. The van der Waals surface area contributed by atoms with Gasteiger partial charge in [-0.2, -0.15) is 0 Å². The van der Waals surface area contributed by atoms with Gasteiger partial charge in [0.15, 0.2) is 0 Å². The summed E-state index contributed by atoms with van der Waals surface area (Å²) in [6, 6.07) is 6.63. The van der Waals surface area contributed by atoms with Crippen LogP contribution >= 0.6 is 15.9 Å². The predicted octanol–water partition coefficient (Wildman–Crippen LogP) is 3.90. The summed E-state index contributed by atoms with van der Waals surface area (Å²) < 4.78 is 12.8. The van der Waals surface area contributed by atoms with Crippen LogP contribution in [0.3, 0.4) is 0 Å². The van der Waals surface area contributed by atoms with Crippen LogP contribution in [0.4, 0.5) is 0 Å². The summed E-state index contributed by atoms with van der Waals surface area (Å²) in [6.07, 6.45) is 3.78. The molecule has 3 nitrogen and oxygen atoms in total. The Bertz CT molecular complexity index is 417. The van der Waals surface area contributed by atoms with Crippen molar-refractivity contribution in [3.8, 4) is 5.75 Å². The zero-order chi connectivity index (χ0) is 14.4. The van der Waals surface area contributed by atoms with Crippen LogP contribution in [0.5, 0.6) is 5.75 Å². The molecule has 0 aliphatic carbocycles. The molecule has 0 bridgehead atoms. The quantitative estimate of drug-likeness (QED) is 0.851. The van der Waals surface area contributed by atoms with Gasteiger partial charge in [-0.15, -0.1) is 0 Å². The Labute approximate surface area is 130 Å². The lowest BCUT2D eigenvalue weighted by Gasteiger charge is -2.23. The van der Waals surface area contributed by atoms with Gasteiger partial charge in [-0.25, -0.2) is 0 Å². The molecule has 1 aliphatic rings. The van der Waals surface area contributed by atoms with Gasteiger partial charge in [0.05, 0.1) is 6.10 Å². The summed E-state index contributed by atoms with van der Waals surface area (Å²) in [5, 5.41) is 3.44. The first-order chi connectivity index (χ1) is 9.65. The molecule has 1 fully saturated rings. The number of nitrogens with one attached hydrogen (secondary N) is 1. The molecule has 1 unspecified atom stereocenters. The van der Waals surface area contributed by atoms with Gasteiger partial charge in [-0.05, 0) is 37.5 Å². The maximum Gasteiger partial charge on any atom is 0.124 e. The van der Waals surface area contributed by atoms with Crippen molar-refractivity contribution < 1.29 is 9.47 Å². The molecule has 20 heavy (non-hydrogen) atoms. The molecule has 0 aromatic heterocycles. The second kappa shape index (κ2) is 8.01. The van der Waals surface area contributed by atoms with Crippen LogP contribution in [0.15, 0.2) is 22.7 Å². The highest BCUT2D eigenvalue weighted by Crippen LogP contribution is 2.24. The Morgan fingerprint density at radius 1 is 1.40 bits per heavy atom. The largest absolute Gasteiger partial charge is 0.491 e. The van der Waals surface area contributed by atoms with Gasteiger partial charge in [-0.3, -0.25) is 0 Å². The molecular formula is C16H24BrNO2. The monoisotopic (exact) mass is 341 g/mol. The van der Waals surface area contributed by atoms with Crippen LogP contribution in [0.2, 0.25) is 0 Å². The second-order valence-corrected chi connectivity index (χ2v) is 6.50. The van der Waals surface area contributed by atoms with Crippen LogP contribution in [-0.2, 0) is 11.3 Å². The fourth-order valence-corrected chi connectivity index (χ4v) is 2.67. The van der Waals surface area contributed by atoms with E-state index in [1.54, 1.807) is 0 Å². The lowest BCUT2D eigenvalue weighted by Crippen LogP contribution is -2.26. The van der Waals surface area contributed by atoms with Crippen molar-refractivity contribution in [2.75, 3.05) is 13.2 Å². The third kappa shape index (κ3) is 5.08. The highest BCUT2D eigenvalue weighted by Gasteiger charge is 2.15. The average Bonchev–Trinajstić information content (AvgIpc) is 2.45. The van der Waals surface area contributed by atoms with Crippen LogP contribution in [0.1, 0.15) is 38.7 Å². The SMILES string of the molecule is CC(C)NCc1cc(Br)ccc1OCC1CCCCO1. The predicted molar refractivity (Wildman–Crippen MR) is 85.2 cm³/mol. The Balaban J connectivity index is 1.94. The van der Waals surface area contributed by atoms with Gasteiger partial charge >= 0.3 is 0 Å². The van der Waals surface area contributed by atoms with Crippen molar-refractivity contribution in [3.05, 3.63) is 28.2 Å². The number of benzene rings is 1. The lowest BCUT2D eigenvalue weighted by atomic mass is 10.1. The fraction of sp³-hybridized carbons (Fsp3) is 0.625. The van der Waals surface area contributed by atoms with Gasteiger partial charge in [0.25, 0.3) is 0 Å². The first-order valence-corrected chi connectivity index (χ1v) is 8.20. The fourth-order valence-electron chi connectivity index (χ4n) is 2.26. The molecule has 1 aromatic carbocycles. The van der Waals surface area contributed by atoms with Gasteiger partial charge in [0.1, 0.15) is 12.4 Å².